The zero-order valence-corrected chi connectivity index (χ0v) is 9.02. The van der Waals surface area contributed by atoms with Crippen LogP contribution in [-0.2, 0) is 4.79 Å². The van der Waals surface area contributed by atoms with Gasteiger partial charge in [0.2, 0.25) is 5.91 Å². The third kappa shape index (κ3) is 3.76. The minimum absolute atomic E-state index is 0.119. The predicted molar refractivity (Wildman–Crippen MR) is 62.5 cm³/mol. The van der Waals surface area contributed by atoms with Gasteiger partial charge in [-0.05, 0) is 5.56 Å². The summed E-state index contributed by atoms with van der Waals surface area (Å²) in [7, 11) is 0. The molecule has 3 heteroatoms. The van der Waals surface area contributed by atoms with Crippen molar-refractivity contribution in [2.45, 2.75) is 18.9 Å². The molecule has 0 bridgehead atoms. The Labute approximate surface area is 95.5 Å². The number of hydrogen-bond donors (Lipinski definition) is 2. The van der Waals surface area contributed by atoms with Gasteiger partial charge in [0.25, 0.3) is 0 Å². The van der Waals surface area contributed by atoms with Crippen LogP contribution in [0.1, 0.15) is 24.4 Å². The fourth-order valence-corrected chi connectivity index (χ4v) is 1.37. The van der Waals surface area contributed by atoms with Crippen molar-refractivity contribution in [3.05, 3.63) is 35.9 Å². The van der Waals surface area contributed by atoms with Crippen LogP contribution in [0.15, 0.2) is 30.3 Å². The summed E-state index contributed by atoms with van der Waals surface area (Å²) in [5.41, 5.74) is 0.888. The first kappa shape index (κ1) is 12.3. The number of aliphatic hydroxyl groups is 1. The van der Waals surface area contributed by atoms with Crippen molar-refractivity contribution in [2.75, 3.05) is 6.61 Å². The maximum Gasteiger partial charge on any atom is 0.221 e. The van der Waals surface area contributed by atoms with Crippen LogP contribution in [0.4, 0.5) is 0 Å². The van der Waals surface area contributed by atoms with E-state index in [1.165, 1.54) is 0 Å². The Morgan fingerprint density at radius 1 is 1.44 bits per heavy atom. The smallest absolute Gasteiger partial charge is 0.221 e. The molecule has 0 saturated carbocycles. The zero-order valence-electron chi connectivity index (χ0n) is 9.02. The Balaban J connectivity index is 2.57. The number of rotatable bonds is 5. The quantitative estimate of drug-likeness (QED) is 0.729. The molecule has 0 aliphatic heterocycles. The summed E-state index contributed by atoms with van der Waals surface area (Å²) in [5.74, 6) is 2.27. The van der Waals surface area contributed by atoms with Crippen LogP contribution in [0.5, 0.6) is 0 Å². The van der Waals surface area contributed by atoms with Gasteiger partial charge in [0, 0.05) is 12.8 Å². The van der Waals surface area contributed by atoms with Gasteiger partial charge >= 0.3 is 0 Å². The summed E-state index contributed by atoms with van der Waals surface area (Å²) in [5, 5.41) is 11.9. The highest BCUT2D eigenvalue weighted by Gasteiger charge is 2.12. The summed E-state index contributed by atoms with van der Waals surface area (Å²) < 4.78 is 0. The first-order valence-corrected chi connectivity index (χ1v) is 5.16. The van der Waals surface area contributed by atoms with Gasteiger partial charge in [-0.25, -0.2) is 0 Å². The summed E-state index contributed by atoms with van der Waals surface area (Å²) in [6.07, 6.45) is 5.78. The molecule has 0 radical (unpaired) electrons. The van der Waals surface area contributed by atoms with Crippen LogP contribution in [0.3, 0.4) is 0 Å². The van der Waals surface area contributed by atoms with E-state index < -0.39 is 0 Å². The van der Waals surface area contributed by atoms with Crippen LogP contribution in [-0.4, -0.2) is 17.6 Å². The maximum absolute atomic E-state index is 11.4. The fraction of sp³-hybridized carbons (Fsp3) is 0.308. The molecule has 1 rings (SSSR count). The number of aliphatic hydroxyl groups excluding tert-OH is 1. The second kappa shape index (κ2) is 6.65. The highest BCUT2D eigenvalue weighted by Crippen LogP contribution is 2.11. The van der Waals surface area contributed by atoms with Crippen LogP contribution in [0, 0.1) is 12.3 Å². The minimum atomic E-state index is -0.355. The van der Waals surface area contributed by atoms with E-state index in [-0.39, 0.29) is 18.6 Å². The Morgan fingerprint density at radius 3 is 2.69 bits per heavy atom. The molecule has 84 valence electrons. The lowest BCUT2D eigenvalue weighted by Crippen LogP contribution is -2.30. The number of hydrogen-bond acceptors (Lipinski definition) is 2. The Hall–Kier alpha value is -1.79. The van der Waals surface area contributed by atoms with Gasteiger partial charge in [0.05, 0.1) is 12.6 Å². The molecule has 16 heavy (non-hydrogen) atoms. The number of benzene rings is 1. The lowest BCUT2D eigenvalue weighted by Gasteiger charge is -2.16. The zero-order chi connectivity index (χ0) is 11.8. The molecule has 0 aliphatic rings. The van der Waals surface area contributed by atoms with Crippen molar-refractivity contribution in [3.8, 4) is 12.3 Å². The Bertz CT molecular complexity index is 367. The highest BCUT2D eigenvalue weighted by atomic mass is 16.3. The summed E-state index contributed by atoms with van der Waals surface area (Å²) in [6, 6.07) is 8.99. The van der Waals surface area contributed by atoms with Crippen LogP contribution in [0.25, 0.3) is 0 Å². The van der Waals surface area contributed by atoms with Gasteiger partial charge in [-0.2, -0.15) is 0 Å². The summed E-state index contributed by atoms with van der Waals surface area (Å²) in [4.78, 5) is 11.4. The molecule has 0 fully saturated rings. The van der Waals surface area contributed by atoms with Crippen molar-refractivity contribution >= 4 is 5.91 Å². The van der Waals surface area contributed by atoms with Crippen molar-refractivity contribution < 1.29 is 9.90 Å². The summed E-state index contributed by atoms with van der Waals surface area (Å²) >= 11 is 0. The van der Waals surface area contributed by atoms with E-state index in [1.54, 1.807) is 0 Å². The molecule has 1 aromatic carbocycles. The lowest BCUT2D eigenvalue weighted by atomic mass is 10.1. The second-order valence-corrected chi connectivity index (χ2v) is 3.42. The monoisotopic (exact) mass is 217 g/mol. The van der Waals surface area contributed by atoms with Crippen molar-refractivity contribution in [1.29, 1.82) is 0 Å². The number of nitrogens with one attached hydrogen (secondary N) is 1. The van der Waals surface area contributed by atoms with Gasteiger partial charge in [0.15, 0.2) is 0 Å². The largest absolute Gasteiger partial charge is 0.394 e. The molecule has 1 amide bonds. The van der Waals surface area contributed by atoms with E-state index >= 15 is 0 Å². The lowest BCUT2D eigenvalue weighted by molar-refractivity contribution is -0.122. The van der Waals surface area contributed by atoms with Gasteiger partial charge in [-0.1, -0.05) is 30.3 Å². The first-order valence-electron chi connectivity index (χ1n) is 5.16. The molecule has 2 N–H and O–H groups in total. The standard InChI is InChI=1S/C13H15NO2/c1-2-3-9-13(16)14-12(10-15)11-7-5-4-6-8-11/h1,4-8,12,15H,3,9-10H2,(H,14,16). The fourth-order valence-electron chi connectivity index (χ4n) is 1.37. The Kier molecular flexibility index (Phi) is 5.10. The SMILES string of the molecule is C#CCCC(=O)NC(CO)c1ccccc1. The van der Waals surface area contributed by atoms with E-state index in [0.717, 1.165) is 5.56 Å². The Morgan fingerprint density at radius 2 is 2.12 bits per heavy atom. The molecule has 0 aromatic heterocycles. The molecule has 1 atom stereocenters. The normalized spacial score (nSPS) is 11.5. The first-order chi connectivity index (χ1) is 7.77. The minimum Gasteiger partial charge on any atom is -0.394 e. The molecule has 3 nitrogen and oxygen atoms in total. The van der Waals surface area contributed by atoms with Gasteiger partial charge < -0.3 is 10.4 Å². The summed E-state index contributed by atoms with van der Waals surface area (Å²) in [6.45, 7) is -0.119. The number of terminal acetylenes is 1. The molecule has 0 heterocycles. The van der Waals surface area contributed by atoms with E-state index in [2.05, 4.69) is 11.2 Å². The second-order valence-electron chi connectivity index (χ2n) is 3.42. The van der Waals surface area contributed by atoms with Crippen LogP contribution < -0.4 is 5.32 Å². The number of carbonyl (C=O) groups excluding carboxylic acids is 1. The molecular formula is C13H15NO2. The topological polar surface area (TPSA) is 49.3 Å². The predicted octanol–water partition coefficient (Wildman–Crippen LogP) is 1.25. The third-order valence-electron chi connectivity index (χ3n) is 2.22. The van der Waals surface area contributed by atoms with Crippen molar-refractivity contribution in [1.82, 2.24) is 5.32 Å². The van der Waals surface area contributed by atoms with Gasteiger partial charge in [-0.3, -0.25) is 4.79 Å². The van der Waals surface area contributed by atoms with E-state index in [1.807, 2.05) is 30.3 Å². The average molecular weight is 217 g/mol. The van der Waals surface area contributed by atoms with Crippen molar-refractivity contribution in [2.24, 2.45) is 0 Å². The molecule has 0 saturated heterocycles. The molecule has 1 aromatic rings. The molecular weight excluding hydrogens is 202 g/mol. The molecule has 0 aliphatic carbocycles. The van der Waals surface area contributed by atoms with Crippen LogP contribution in [0.2, 0.25) is 0 Å². The average Bonchev–Trinajstić information content (AvgIpc) is 2.34. The molecule has 0 spiro atoms. The molecule has 1 unspecified atom stereocenters. The van der Waals surface area contributed by atoms with Crippen molar-refractivity contribution in [3.63, 3.8) is 0 Å². The van der Waals surface area contributed by atoms with E-state index in [9.17, 15) is 9.90 Å². The number of carbonyl (C=O) groups is 1. The highest BCUT2D eigenvalue weighted by molar-refractivity contribution is 5.76. The van der Waals surface area contributed by atoms with Gasteiger partial charge in [-0.15, -0.1) is 12.3 Å². The number of amides is 1. The van der Waals surface area contributed by atoms with Crippen LogP contribution >= 0.6 is 0 Å². The van der Waals surface area contributed by atoms with Gasteiger partial charge in [0.1, 0.15) is 0 Å². The van der Waals surface area contributed by atoms with E-state index in [0.29, 0.717) is 12.8 Å². The maximum atomic E-state index is 11.4. The van der Waals surface area contributed by atoms with E-state index in [4.69, 9.17) is 6.42 Å². The third-order valence-corrected chi connectivity index (χ3v) is 2.22.